The molecule has 82 valence electrons. The SMILES string of the molecule is C#CC#C/C=C1/O[C@@]2(CCCCO2)[C@@H]2O[C@H]12. The van der Waals surface area contributed by atoms with Gasteiger partial charge in [0, 0.05) is 12.5 Å². The number of terminal acetylenes is 1. The zero-order valence-corrected chi connectivity index (χ0v) is 8.86. The lowest BCUT2D eigenvalue weighted by atomic mass is 10.0. The Balaban J connectivity index is 1.78. The van der Waals surface area contributed by atoms with Gasteiger partial charge in [0.1, 0.15) is 11.9 Å². The second-order valence-corrected chi connectivity index (χ2v) is 4.16. The molecule has 0 aromatic heterocycles. The van der Waals surface area contributed by atoms with Gasteiger partial charge < -0.3 is 14.2 Å². The van der Waals surface area contributed by atoms with E-state index in [9.17, 15) is 0 Å². The summed E-state index contributed by atoms with van der Waals surface area (Å²) in [5.74, 6) is 7.76. The van der Waals surface area contributed by atoms with Crippen LogP contribution < -0.4 is 0 Å². The molecule has 3 fully saturated rings. The van der Waals surface area contributed by atoms with Gasteiger partial charge in [0.25, 0.3) is 0 Å². The summed E-state index contributed by atoms with van der Waals surface area (Å²) < 4.78 is 17.1. The fourth-order valence-corrected chi connectivity index (χ4v) is 2.33. The monoisotopic (exact) mass is 216 g/mol. The van der Waals surface area contributed by atoms with Crippen LogP contribution in [-0.4, -0.2) is 24.6 Å². The minimum absolute atomic E-state index is 0.0326. The average molecular weight is 216 g/mol. The highest BCUT2D eigenvalue weighted by molar-refractivity contribution is 5.33. The Morgan fingerprint density at radius 2 is 2.38 bits per heavy atom. The van der Waals surface area contributed by atoms with E-state index in [-0.39, 0.29) is 12.2 Å². The van der Waals surface area contributed by atoms with Crippen LogP contribution in [0.2, 0.25) is 0 Å². The van der Waals surface area contributed by atoms with Gasteiger partial charge in [-0.05, 0) is 24.7 Å². The molecule has 16 heavy (non-hydrogen) atoms. The lowest BCUT2D eigenvalue weighted by Crippen LogP contribution is -2.41. The number of fused-ring (bicyclic) bond motifs is 2. The Bertz CT molecular complexity index is 426. The highest BCUT2D eigenvalue weighted by Crippen LogP contribution is 2.52. The molecule has 0 unspecified atom stereocenters. The Hall–Kier alpha value is -1.42. The van der Waals surface area contributed by atoms with E-state index >= 15 is 0 Å². The molecule has 3 saturated heterocycles. The largest absolute Gasteiger partial charge is 0.460 e. The highest BCUT2D eigenvalue weighted by atomic mass is 16.8. The summed E-state index contributed by atoms with van der Waals surface area (Å²) in [7, 11) is 0. The molecule has 0 radical (unpaired) electrons. The molecule has 0 aromatic rings. The van der Waals surface area contributed by atoms with Gasteiger partial charge in [-0.25, -0.2) is 0 Å². The first-order valence-electron chi connectivity index (χ1n) is 5.50. The van der Waals surface area contributed by atoms with E-state index in [1.165, 1.54) is 0 Å². The Morgan fingerprint density at radius 3 is 3.12 bits per heavy atom. The smallest absolute Gasteiger partial charge is 0.239 e. The topological polar surface area (TPSA) is 31.0 Å². The van der Waals surface area contributed by atoms with Crippen LogP contribution in [0.4, 0.5) is 0 Å². The van der Waals surface area contributed by atoms with Gasteiger partial charge in [-0.2, -0.15) is 0 Å². The Morgan fingerprint density at radius 1 is 1.44 bits per heavy atom. The summed E-state index contributed by atoms with van der Waals surface area (Å²) in [6.45, 7) is 0.746. The van der Waals surface area contributed by atoms with Crippen LogP contribution in [0, 0.1) is 24.2 Å². The van der Waals surface area contributed by atoms with E-state index in [0.29, 0.717) is 0 Å². The van der Waals surface area contributed by atoms with Gasteiger partial charge in [-0.15, -0.1) is 6.42 Å². The van der Waals surface area contributed by atoms with Gasteiger partial charge in [-0.1, -0.05) is 5.92 Å². The molecule has 0 aliphatic carbocycles. The minimum Gasteiger partial charge on any atom is -0.460 e. The van der Waals surface area contributed by atoms with Crippen molar-refractivity contribution in [2.24, 2.45) is 0 Å². The van der Waals surface area contributed by atoms with Crippen molar-refractivity contribution in [2.75, 3.05) is 6.61 Å². The van der Waals surface area contributed by atoms with Crippen LogP contribution in [0.5, 0.6) is 0 Å². The van der Waals surface area contributed by atoms with Crippen molar-refractivity contribution in [1.29, 1.82) is 0 Å². The van der Waals surface area contributed by atoms with Crippen LogP contribution >= 0.6 is 0 Å². The van der Waals surface area contributed by atoms with E-state index in [0.717, 1.165) is 31.6 Å². The van der Waals surface area contributed by atoms with Gasteiger partial charge in [0.15, 0.2) is 6.10 Å². The fourth-order valence-electron chi connectivity index (χ4n) is 2.33. The molecule has 0 N–H and O–H groups in total. The van der Waals surface area contributed by atoms with Gasteiger partial charge in [0.2, 0.25) is 5.79 Å². The predicted octanol–water partition coefficient (Wildman–Crippen LogP) is 1.20. The molecule has 3 nitrogen and oxygen atoms in total. The molecule has 3 rings (SSSR count). The van der Waals surface area contributed by atoms with Crippen molar-refractivity contribution in [2.45, 2.75) is 37.3 Å². The lowest BCUT2D eigenvalue weighted by molar-refractivity contribution is -0.240. The standard InChI is InChI=1S/C13H12O3/c1-2-3-4-7-10-11-12(15-11)13(16-10)8-5-6-9-14-13/h1,7,11-12H,5-6,8-9H2/b10-7+/t11-,12-,13+/m1/s1. The van der Waals surface area contributed by atoms with Crippen molar-refractivity contribution in [3.63, 3.8) is 0 Å². The maximum Gasteiger partial charge on any atom is 0.239 e. The quantitative estimate of drug-likeness (QED) is 0.450. The predicted molar refractivity (Wildman–Crippen MR) is 57.0 cm³/mol. The van der Waals surface area contributed by atoms with E-state index in [1.807, 2.05) is 0 Å². The fraction of sp³-hybridized carbons (Fsp3) is 0.538. The first-order chi connectivity index (χ1) is 7.86. The Kier molecular flexibility index (Phi) is 2.17. The second-order valence-electron chi connectivity index (χ2n) is 4.16. The summed E-state index contributed by atoms with van der Waals surface area (Å²) >= 11 is 0. The summed E-state index contributed by atoms with van der Waals surface area (Å²) in [6, 6.07) is 0. The minimum atomic E-state index is -0.535. The summed E-state index contributed by atoms with van der Waals surface area (Å²) in [6.07, 6.45) is 9.94. The van der Waals surface area contributed by atoms with Gasteiger partial charge in [-0.3, -0.25) is 0 Å². The molecule has 3 heterocycles. The summed E-state index contributed by atoms with van der Waals surface area (Å²) in [5.41, 5.74) is 0. The second kappa shape index (κ2) is 3.56. The third kappa shape index (κ3) is 1.41. The lowest BCUT2D eigenvalue weighted by Gasteiger charge is -2.33. The Labute approximate surface area is 94.8 Å². The molecule has 0 saturated carbocycles. The first kappa shape index (κ1) is 9.78. The maximum atomic E-state index is 5.84. The van der Waals surface area contributed by atoms with E-state index in [4.69, 9.17) is 20.6 Å². The van der Waals surface area contributed by atoms with Gasteiger partial charge >= 0.3 is 0 Å². The number of allylic oxidation sites excluding steroid dienone is 1. The highest BCUT2D eigenvalue weighted by Gasteiger charge is 2.66. The normalized spacial score (nSPS) is 41.8. The molecule has 0 amide bonds. The molecular formula is C13H12O3. The molecule has 1 spiro atoms. The molecule has 3 atom stereocenters. The zero-order valence-electron chi connectivity index (χ0n) is 8.86. The van der Waals surface area contributed by atoms with Crippen LogP contribution in [-0.2, 0) is 14.2 Å². The van der Waals surface area contributed by atoms with Crippen molar-refractivity contribution in [3.05, 3.63) is 11.8 Å². The summed E-state index contributed by atoms with van der Waals surface area (Å²) in [4.78, 5) is 0. The van der Waals surface area contributed by atoms with E-state index in [2.05, 4.69) is 17.8 Å². The molecule has 3 aliphatic rings. The van der Waals surface area contributed by atoms with Crippen molar-refractivity contribution >= 4 is 0 Å². The van der Waals surface area contributed by atoms with Crippen molar-refractivity contribution in [1.82, 2.24) is 0 Å². The first-order valence-corrected chi connectivity index (χ1v) is 5.50. The number of rotatable bonds is 0. The van der Waals surface area contributed by atoms with Crippen molar-refractivity contribution in [3.8, 4) is 24.2 Å². The molecule has 3 aliphatic heterocycles. The molecule has 3 heteroatoms. The molecule has 0 bridgehead atoms. The van der Waals surface area contributed by atoms with Gasteiger partial charge in [0.05, 0.1) is 6.61 Å². The number of hydrogen-bond acceptors (Lipinski definition) is 3. The average Bonchev–Trinajstić information content (AvgIpc) is 3.05. The third-order valence-electron chi connectivity index (χ3n) is 3.12. The van der Waals surface area contributed by atoms with Crippen LogP contribution in [0.1, 0.15) is 19.3 Å². The number of hydrogen-bond donors (Lipinski definition) is 0. The number of ether oxygens (including phenoxy) is 3. The van der Waals surface area contributed by atoms with Crippen LogP contribution in [0.25, 0.3) is 0 Å². The molecule has 0 aromatic carbocycles. The number of epoxide rings is 1. The maximum absolute atomic E-state index is 5.84. The summed E-state index contributed by atoms with van der Waals surface area (Å²) in [5, 5.41) is 0. The zero-order chi connectivity index (χ0) is 11.0. The van der Waals surface area contributed by atoms with E-state index in [1.54, 1.807) is 6.08 Å². The van der Waals surface area contributed by atoms with E-state index < -0.39 is 5.79 Å². The van der Waals surface area contributed by atoms with Crippen LogP contribution in [0.3, 0.4) is 0 Å². The van der Waals surface area contributed by atoms with Crippen molar-refractivity contribution < 1.29 is 14.2 Å². The third-order valence-corrected chi connectivity index (χ3v) is 3.12. The van der Waals surface area contributed by atoms with Crippen LogP contribution in [0.15, 0.2) is 11.8 Å². The molecular weight excluding hydrogens is 204 g/mol.